The van der Waals surface area contributed by atoms with Crippen LogP contribution >= 0.6 is 12.0 Å². The monoisotopic (exact) mass is 950 g/mol. The Bertz CT molecular complexity index is 1870. The number of hydrogen-bond acceptors (Lipinski definition) is 11. The van der Waals surface area contributed by atoms with E-state index in [4.69, 9.17) is 0 Å². The molecule has 2 aromatic rings. The molecular formula is C37H45CsK2N3O9S2+. The molecule has 1 amide bonds. The summed E-state index contributed by atoms with van der Waals surface area (Å²) in [6, 6.07) is 10.4. The number of nitrogens with one attached hydrogen (secondary N) is 1. The molecule has 0 aromatic heterocycles. The molecule has 0 spiro atoms. The van der Waals surface area contributed by atoms with Gasteiger partial charge in [-0.25, -0.2) is 8.42 Å². The summed E-state index contributed by atoms with van der Waals surface area (Å²) in [6.45, 7) is 12.0. The number of hydrogen-bond donors (Lipinski definition) is 1. The van der Waals surface area contributed by atoms with Gasteiger partial charge in [-0.15, -0.1) is 0 Å². The molecule has 0 unspecified atom stereocenters. The molecule has 0 saturated carbocycles. The van der Waals surface area contributed by atoms with Crippen LogP contribution in [0.5, 0.6) is 0 Å². The number of nitrogens with zero attached hydrogens (tertiary/aromatic N) is 2. The Morgan fingerprint density at radius 2 is 1.67 bits per heavy atom. The van der Waals surface area contributed by atoms with Gasteiger partial charge in [0.1, 0.15) is 16.7 Å². The van der Waals surface area contributed by atoms with Crippen LogP contribution in [0, 0.1) is 0 Å². The molecule has 12 nitrogen and oxygen atoms in total. The number of anilines is 1. The summed E-state index contributed by atoms with van der Waals surface area (Å²) < 4.78 is 42.0. The van der Waals surface area contributed by atoms with Gasteiger partial charge in [-0.2, -0.15) is 8.91 Å². The van der Waals surface area contributed by atoms with Crippen LogP contribution in [0.1, 0.15) is 84.3 Å². The van der Waals surface area contributed by atoms with E-state index in [0.717, 1.165) is 63.7 Å². The Balaban J connectivity index is 0.00000486. The zero-order valence-electron chi connectivity index (χ0n) is 32.6. The van der Waals surface area contributed by atoms with Crippen molar-refractivity contribution < 1.29 is 219 Å². The average Bonchev–Trinajstić information content (AvgIpc) is 3.42. The molecule has 0 radical (unpaired) electrons. The van der Waals surface area contributed by atoms with E-state index in [1.807, 2.05) is 63.3 Å². The van der Waals surface area contributed by atoms with Gasteiger partial charge in [-0.3, -0.25) is 9.83 Å². The fourth-order valence-corrected chi connectivity index (χ4v) is 7.68. The van der Waals surface area contributed by atoms with E-state index >= 15 is 0 Å². The smallest absolute Gasteiger partial charge is 0.744 e. The van der Waals surface area contributed by atoms with Gasteiger partial charge in [0.25, 0.3) is 0 Å². The van der Waals surface area contributed by atoms with E-state index in [-0.39, 0.29) is 189 Å². The van der Waals surface area contributed by atoms with Crippen molar-refractivity contribution in [1.82, 2.24) is 5.32 Å². The number of benzene rings is 2. The first-order valence-electron chi connectivity index (χ1n) is 17.0. The maximum Gasteiger partial charge on any atom is 1.00 e. The number of fused-ring (bicyclic) bond motifs is 2. The number of rotatable bonds is 18. The van der Waals surface area contributed by atoms with Crippen molar-refractivity contribution in [2.45, 2.75) is 93.8 Å². The Morgan fingerprint density at radius 3 is 2.31 bits per heavy atom. The van der Waals surface area contributed by atoms with E-state index in [9.17, 15) is 32.9 Å². The van der Waals surface area contributed by atoms with Crippen LogP contribution in [-0.4, -0.2) is 54.8 Å². The Hall–Kier alpha value is 1.53. The third-order valence-electron chi connectivity index (χ3n) is 9.39. The van der Waals surface area contributed by atoms with Crippen LogP contribution in [0.4, 0.5) is 11.4 Å². The first-order valence-corrected chi connectivity index (χ1v) is 19.1. The number of aliphatic carboxylic acids is 1. The van der Waals surface area contributed by atoms with E-state index in [2.05, 4.69) is 44.1 Å². The van der Waals surface area contributed by atoms with Crippen molar-refractivity contribution in [1.29, 1.82) is 0 Å². The van der Waals surface area contributed by atoms with E-state index in [1.54, 1.807) is 6.07 Å². The van der Waals surface area contributed by atoms with E-state index in [1.165, 1.54) is 12.1 Å². The van der Waals surface area contributed by atoms with E-state index in [0.29, 0.717) is 38.9 Å². The van der Waals surface area contributed by atoms with Crippen molar-refractivity contribution in [3.05, 3.63) is 83.6 Å². The van der Waals surface area contributed by atoms with Crippen LogP contribution in [0.2, 0.25) is 0 Å². The predicted molar refractivity (Wildman–Crippen MR) is 190 cm³/mol. The molecular weight excluding hydrogens is 906 g/mol. The summed E-state index contributed by atoms with van der Waals surface area (Å²) in [4.78, 5) is 25.3. The SMILES string of the molecule is CCN1\C(=C/C=C/C=C/C2=[N+](CCCCCC(=O)NCCCC(=O)[O-])c3ccc(SOO[O-])cc3C2(C)C)C(C)(C)c2cc(S(=O)(=O)[O-])ccc21.[Cs+].[K+].[K+]. The fraction of sp³-hybridized carbons (Fsp3) is 0.432. The minimum Gasteiger partial charge on any atom is -0.744 e. The van der Waals surface area contributed by atoms with E-state index < -0.39 is 26.9 Å². The molecule has 2 heterocycles. The third-order valence-corrected chi connectivity index (χ3v) is 10.8. The number of unbranched alkanes of at least 4 members (excludes halogenated alkanes) is 2. The summed E-state index contributed by atoms with van der Waals surface area (Å²) in [7, 11) is -4.58. The second-order valence-corrected chi connectivity index (χ2v) is 15.6. The maximum absolute atomic E-state index is 12.2. The molecule has 0 saturated heterocycles. The average molecular weight is 951 g/mol. The molecule has 54 heavy (non-hydrogen) atoms. The third kappa shape index (κ3) is 14.1. The molecule has 2 aliphatic heterocycles. The first kappa shape index (κ1) is 53.6. The van der Waals surface area contributed by atoms with Crippen LogP contribution in [0.25, 0.3) is 0 Å². The van der Waals surface area contributed by atoms with Gasteiger partial charge in [0.2, 0.25) is 11.6 Å². The number of amides is 1. The standard InChI is InChI=1S/C37H47N3O9S2.Cs.2K/c1-6-39-30-21-19-27(51(45,46)47)25-29(30)37(4,5)32(39)14-9-7-10-15-33-36(2,3)28-24-26(50-49-48-44)18-20-31(28)40(33)23-12-8-11-16-34(41)38-22-13-17-35(42)43;;;/h7,9-10,14-15,18-21,24-25H,6,8,11-13,16-17,22-23H2,1-5H3,(H3-,38,41,42,43,44,45,46,47);;;/q;3*+1/p-2. The summed E-state index contributed by atoms with van der Waals surface area (Å²) >= 11 is 0.843. The molecule has 2 aliphatic rings. The van der Waals surface area contributed by atoms with Gasteiger partial charge in [0.15, 0.2) is 5.71 Å². The first-order chi connectivity index (χ1) is 24.1. The van der Waals surface area contributed by atoms with Crippen LogP contribution < -0.4 is 192 Å². The van der Waals surface area contributed by atoms with Crippen molar-refractivity contribution >= 4 is 51.1 Å². The van der Waals surface area contributed by atoms with Gasteiger partial charge in [0.05, 0.1) is 22.4 Å². The predicted octanol–water partition coefficient (Wildman–Crippen LogP) is -4.77. The summed E-state index contributed by atoms with van der Waals surface area (Å²) in [5, 5.41) is 27.3. The van der Waals surface area contributed by atoms with Crippen molar-refractivity contribution in [3.63, 3.8) is 0 Å². The molecule has 4 rings (SSSR count). The van der Waals surface area contributed by atoms with Gasteiger partial charge in [-0.05, 0) is 88.4 Å². The van der Waals surface area contributed by atoms with Crippen LogP contribution in [0.3, 0.4) is 0 Å². The van der Waals surface area contributed by atoms with Gasteiger partial charge >= 0.3 is 172 Å². The summed E-state index contributed by atoms with van der Waals surface area (Å²) in [5.41, 5.74) is 4.88. The topological polar surface area (TPSA) is 174 Å². The second-order valence-electron chi connectivity index (χ2n) is 13.5. The van der Waals surface area contributed by atoms with Crippen molar-refractivity contribution in [2.24, 2.45) is 0 Å². The van der Waals surface area contributed by atoms with Crippen LogP contribution in [-0.2, 0) is 39.9 Å². The number of carbonyl (C=O) groups is 2. The van der Waals surface area contributed by atoms with Crippen molar-refractivity contribution in [3.8, 4) is 0 Å². The quantitative estimate of drug-likeness (QED) is 0.0222. The molecule has 0 fully saturated rings. The number of carboxylic acid groups (broad SMARTS) is 1. The maximum atomic E-state index is 12.2. The number of likely N-dealkylation sites (N-methyl/N-ethyl adjacent to an activating group) is 1. The van der Waals surface area contributed by atoms with Crippen molar-refractivity contribution in [2.75, 3.05) is 24.5 Å². The molecule has 1 N–H and O–H groups in total. The zero-order valence-corrected chi connectivity index (χ0v) is 46.8. The Morgan fingerprint density at radius 1 is 0.944 bits per heavy atom. The minimum absolute atomic E-state index is 0. The van der Waals surface area contributed by atoms with Crippen LogP contribution in [0.15, 0.2) is 82.3 Å². The molecule has 0 bridgehead atoms. The largest absolute Gasteiger partial charge is 1.00 e. The molecule has 17 heteroatoms. The number of allylic oxidation sites excluding steroid dienone is 6. The van der Waals surface area contributed by atoms with Gasteiger partial charge in [-0.1, -0.05) is 32.1 Å². The minimum atomic E-state index is -4.58. The molecule has 0 aliphatic carbocycles. The number of carboxylic acids is 1. The Labute approximate surface area is 467 Å². The van der Waals surface area contributed by atoms with Gasteiger partial charge in [0, 0.05) is 71.3 Å². The Kier molecular flexibility index (Phi) is 24.5. The second kappa shape index (κ2) is 24.7. The normalized spacial score (nSPS) is 16.2. The summed E-state index contributed by atoms with van der Waals surface area (Å²) in [6.07, 6.45) is 12.9. The van der Waals surface area contributed by atoms with Gasteiger partial charge < -0.3 is 29.9 Å². The fourth-order valence-electron chi connectivity index (χ4n) is 6.79. The molecule has 0 atom stereocenters. The summed E-state index contributed by atoms with van der Waals surface area (Å²) in [5.74, 6) is -1.23. The number of carbonyl (C=O) groups excluding carboxylic acids is 2. The molecule has 2 aromatic carbocycles. The molecule has 276 valence electrons. The zero-order chi connectivity index (χ0) is 37.4.